The molecule has 2 aromatic carbocycles. The number of likely N-dealkylation sites (tertiary alicyclic amines) is 1. The number of para-hydroxylation sites is 2. The molecule has 0 radical (unpaired) electrons. The molecule has 0 N–H and O–H groups in total. The average molecular weight is 335 g/mol. The van der Waals surface area contributed by atoms with Crippen molar-refractivity contribution in [2.45, 2.75) is 25.8 Å². The standard InChI is InChI=1S/C21H25N3O/c1-25-18-10-8-17(9-11-18)16-21-22-19-6-2-3-7-20(19)24(21)15-14-23-12-4-5-13-23/h2-3,6-11H,4-5,12-16H2,1H3. The van der Waals surface area contributed by atoms with E-state index < -0.39 is 0 Å². The van der Waals surface area contributed by atoms with Crippen molar-refractivity contribution in [3.63, 3.8) is 0 Å². The normalized spacial score (nSPS) is 15.1. The molecule has 25 heavy (non-hydrogen) atoms. The Balaban J connectivity index is 1.60. The lowest BCUT2D eigenvalue weighted by Crippen LogP contribution is -2.24. The van der Waals surface area contributed by atoms with Crippen LogP contribution in [0.3, 0.4) is 0 Å². The van der Waals surface area contributed by atoms with Gasteiger partial charge in [0.25, 0.3) is 0 Å². The van der Waals surface area contributed by atoms with Crippen LogP contribution in [0.25, 0.3) is 11.0 Å². The molecule has 1 aliphatic heterocycles. The molecule has 0 unspecified atom stereocenters. The number of nitrogens with zero attached hydrogens (tertiary/aromatic N) is 3. The molecule has 1 aliphatic rings. The number of rotatable bonds is 6. The Bertz CT molecular complexity index is 832. The van der Waals surface area contributed by atoms with Crippen molar-refractivity contribution in [3.05, 3.63) is 59.9 Å². The summed E-state index contributed by atoms with van der Waals surface area (Å²) in [6, 6.07) is 16.8. The summed E-state index contributed by atoms with van der Waals surface area (Å²) in [6.07, 6.45) is 3.52. The average Bonchev–Trinajstić information content (AvgIpc) is 3.28. The molecule has 2 heterocycles. The van der Waals surface area contributed by atoms with Gasteiger partial charge in [-0.2, -0.15) is 0 Å². The third-order valence-electron chi connectivity index (χ3n) is 5.09. The van der Waals surface area contributed by atoms with Crippen molar-refractivity contribution in [2.24, 2.45) is 0 Å². The molecule has 0 bridgehead atoms. The summed E-state index contributed by atoms with van der Waals surface area (Å²) in [5, 5.41) is 0. The van der Waals surface area contributed by atoms with Crippen LogP contribution in [0.15, 0.2) is 48.5 Å². The molecule has 3 aromatic rings. The van der Waals surface area contributed by atoms with Crippen molar-refractivity contribution in [3.8, 4) is 5.75 Å². The molecule has 0 amide bonds. The Hall–Kier alpha value is -2.33. The Morgan fingerprint density at radius 2 is 1.72 bits per heavy atom. The fraction of sp³-hybridized carbons (Fsp3) is 0.381. The van der Waals surface area contributed by atoms with Crippen LogP contribution in [0.4, 0.5) is 0 Å². The van der Waals surface area contributed by atoms with Gasteiger partial charge in [0.15, 0.2) is 0 Å². The molecule has 130 valence electrons. The molecular formula is C21H25N3O. The third kappa shape index (κ3) is 3.54. The Kier molecular flexibility index (Phi) is 4.70. The van der Waals surface area contributed by atoms with Gasteiger partial charge in [-0.3, -0.25) is 0 Å². The van der Waals surface area contributed by atoms with Gasteiger partial charge in [0.2, 0.25) is 0 Å². The van der Waals surface area contributed by atoms with E-state index in [0.29, 0.717) is 0 Å². The minimum atomic E-state index is 0.846. The second-order valence-corrected chi connectivity index (χ2v) is 6.74. The fourth-order valence-corrected chi connectivity index (χ4v) is 3.68. The van der Waals surface area contributed by atoms with E-state index in [1.807, 2.05) is 12.1 Å². The van der Waals surface area contributed by atoms with Crippen LogP contribution in [0.5, 0.6) is 5.75 Å². The lowest BCUT2D eigenvalue weighted by Gasteiger charge is -2.16. The summed E-state index contributed by atoms with van der Waals surface area (Å²) in [5.41, 5.74) is 3.59. The highest BCUT2D eigenvalue weighted by atomic mass is 16.5. The van der Waals surface area contributed by atoms with Crippen LogP contribution >= 0.6 is 0 Å². The van der Waals surface area contributed by atoms with Gasteiger partial charge in [-0.25, -0.2) is 4.98 Å². The maximum atomic E-state index is 5.26. The van der Waals surface area contributed by atoms with E-state index in [9.17, 15) is 0 Å². The molecule has 0 saturated carbocycles. The number of benzene rings is 2. The van der Waals surface area contributed by atoms with E-state index in [0.717, 1.165) is 36.6 Å². The van der Waals surface area contributed by atoms with Crippen LogP contribution < -0.4 is 4.74 Å². The molecule has 0 aliphatic carbocycles. The number of hydrogen-bond acceptors (Lipinski definition) is 3. The summed E-state index contributed by atoms with van der Waals surface area (Å²) >= 11 is 0. The summed E-state index contributed by atoms with van der Waals surface area (Å²) in [4.78, 5) is 7.47. The topological polar surface area (TPSA) is 30.3 Å². The zero-order valence-corrected chi connectivity index (χ0v) is 14.8. The monoisotopic (exact) mass is 335 g/mol. The van der Waals surface area contributed by atoms with Gasteiger partial charge in [0.1, 0.15) is 11.6 Å². The van der Waals surface area contributed by atoms with Gasteiger partial charge in [-0.05, 0) is 55.8 Å². The maximum absolute atomic E-state index is 5.26. The van der Waals surface area contributed by atoms with E-state index in [1.165, 1.54) is 37.0 Å². The quantitative estimate of drug-likeness (QED) is 0.687. The number of ether oxygens (including phenoxy) is 1. The van der Waals surface area contributed by atoms with Crippen LogP contribution in [0.1, 0.15) is 24.2 Å². The van der Waals surface area contributed by atoms with E-state index >= 15 is 0 Å². The van der Waals surface area contributed by atoms with E-state index in [-0.39, 0.29) is 0 Å². The lowest BCUT2D eigenvalue weighted by atomic mass is 10.1. The summed E-state index contributed by atoms with van der Waals surface area (Å²) in [5.74, 6) is 2.04. The number of aromatic nitrogens is 2. The summed E-state index contributed by atoms with van der Waals surface area (Å²) in [6.45, 7) is 4.59. The molecule has 4 rings (SSSR count). The first-order chi connectivity index (χ1) is 12.3. The molecule has 1 saturated heterocycles. The van der Waals surface area contributed by atoms with E-state index in [2.05, 4.69) is 45.9 Å². The fourth-order valence-electron chi connectivity index (χ4n) is 3.68. The van der Waals surface area contributed by atoms with Gasteiger partial charge in [0.05, 0.1) is 18.1 Å². The predicted octanol–water partition coefficient (Wildman–Crippen LogP) is 3.73. The minimum absolute atomic E-state index is 0.846. The first-order valence-corrected chi connectivity index (χ1v) is 9.13. The first-order valence-electron chi connectivity index (χ1n) is 9.13. The molecule has 0 spiro atoms. The number of fused-ring (bicyclic) bond motifs is 1. The van der Waals surface area contributed by atoms with Crippen LogP contribution in [-0.2, 0) is 13.0 Å². The second-order valence-electron chi connectivity index (χ2n) is 6.74. The number of methoxy groups -OCH3 is 1. The zero-order valence-electron chi connectivity index (χ0n) is 14.8. The van der Waals surface area contributed by atoms with E-state index in [1.54, 1.807) is 7.11 Å². The van der Waals surface area contributed by atoms with Gasteiger partial charge >= 0.3 is 0 Å². The molecule has 1 aromatic heterocycles. The number of hydrogen-bond donors (Lipinski definition) is 0. The third-order valence-corrected chi connectivity index (χ3v) is 5.09. The zero-order chi connectivity index (χ0) is 17.1. The maximum Gasteiger partial charge on any atom is 0.118 e. The van der Waals surface area contributed by atoms with E-state index in [4.69, 9.17) is 9.72 Å². The molecule has 4 nitrogen and oxygen atoms in total. The van der Waals surface area contributed by atoms with Crippen molar-refractivity contribution in [1.29, 1.82) is 0 Å². The Morgan fingerprint density at radius 1 is 0.960 bits per heavy atom. The molecule has 4 heteroatoms. The van der Waals surface area contributed by atoms with Crippen LogP contribution in [0.2, 0.25) is 0 Å². The van der Waals surface area contributed by atoms with Gasteiger partial charge in [-0.1, -0.05) is 24.3 Å². The largest absolute Gasteiger partial charge is 0.497 e. The smallest absolute Gasteiger partial charge is 0.118 e. The SMILES string of the molecule is COc1ccc(Cc2nc3ccccc3n2CCN2CCCC2)cc1. The second kappa shape index (κ2) is 7.28. The minimum Gasteiger partial charge on any atom is -0.497 e. The molecule has 0 atom stereocenters. The molecular weight excluding hydrogens is 310 g/mol. The van der Waals surface area contributed by atoms with Gasteiger partial charge in [0, 0.05) is 19.5 Å². The van der Waals surface area contributed by atoms with Gasteiger partial charge in [-0.15, -0.1) is 0 Å². The number of imidazole rings is 1. The highest BCUT2D eigenvalue weighted by Crippen LogP contribution is 2.20. The Labute approximate surface area is 149 Å². The first kappa shape index (κ1) is 16.2. The molecule has 1 fully saturated rings. The highest BCUT2D eigenvalue weighted by molar-refractivity contribution is 5.76. The van der Waals surface area contributed by atoms with Crippen molar-refractivity contribution in [1.82, 2.24) is 14.5 Å². The predicted molar refractivity (Wildman–Crippen MR) is 101 cm³/mol. The summed E-state index contributed by atoms with van der Waals surface area (Å²) in [7, 11) is 1.70. The van der Waals surface area contributed by atoms with Crippen LogP contribution in [0, 0.1) is 0 Å². The Morgan fingerprint density at radius 3 is 2.48 bits per heavy atom. The van der Waals surface area contributed by atoms with Crippen molar-refractivity contribution < 1.29 is 4.74 Å². The van der Waals surface area contributed by atoms with Gasteiger partial charge < -0.3 is 14.2 Å². The van der Waals surface area contributed by atoms with Crippen molar-refractivity contribution >= 4 is 11.0 Å². The highest BCUT2D eigenvalue weighted by Gasteiger charge is 2.15. The van der Waals surface area contributed by atoms with Crippen LogP contribution in [-0.4, -0.2) is 41.2 Å². The van der Waals surface area contributed by atoms with Crippen molar-refractivity contribution in [2.75, 3.05) is 26.7 Å². The lowest BCUT2D eigenvalue weighted by molar-refractivity contribution is 0.322. The summed E-state index contributed by atoms with van der Waals surface area (Å²) < 4.78 is 7.66.